The van der Waals surface area contributed by atoms with Gasteiger partial charge in [0.15, 0.2) is 0 Å². The highest BCUT2D eigenvalue weighted by Crippen LogP contribution is 2.39. The minimum atomic E-state index is -0.139. The highest BCUT2D eigenvalue weighted by atomic mass is 35.5. The van der Waals surface area contributed by atoms with Crippen LogP contribution >= 0.6 is 11.6 Å². The number of nitrogens with one attached hydrogen (secondary N) is 1. The molecule has 1 aromatic heterocycles. The van der Waals surface area contributed by atoms with Gasteiger partial charge >= 0.3 is 0 Å². The second-order valence-corrected chi connectivity index (χ2v) is 8.16. The van der Waals surface area contributed by atoms with Gasteiger partial charge in [0.05, 0.1) is 28.0 Å². The number of carbonyl (C=O) groups is 1. The Labute approximate surface area is 171 Å². The number of benzene rings is 1. The van der Waals surface area contributed by atoms with E-state index >= 15 is 0 Å². The third kappa shape index (κ3) is 4.54. The molecule has 2 aliphatic heterocycles. The lowest BCUT2D eigenvalue weighted by Crippen LogP contribution is -2.45. The van der Waals surface area contributed by atoms with Gasteiger partial charge in [-0.3, -0.25) is 14.7 Å². The van der Waals surface area contributed by atoms with Crippen molar-refractivity contribution in [2.24, 2.45) is 0 Å². The topological polar surface area (TPSA) is 54.5 Å². The Hall–Kier alpha value is -1.95. The van der Waals surface area contributed by atoms with E-state index in [1.807, 2.05) is 30.5 Å². The van der Waals surface area contributed by atoms with Crippen molar-refractivity contribution in [2.45, 2.75) is 43.9 Å². The number of hydrogen-bond acceptors (Lipinski definition) is 4. The van der Waals surface area contributed by atoms with E-state index in [1.54, 1.807) is 12.1 Å². The summed E-state index contributed by atoms with van der Waals surface area (Å²) in [5.74, 6) is -0.139. The average Bonchev–Trinajstić information content (AvgIpc) is 3.12. The van der Waals surface area contributed by atoms with Crippen LogP contribution in [0.3, 0.4) is 0 Å². The molecule has 3 heterocycles. The number of ether oxygens (including phenoxy) is 1. The number of carbonyl (C=O) groups excluding carboxylic acids is 1. The molecule has 1 amide bonds. The molecule has 2 aliphatic rings. The normalized spacial score (nSPS) is 21.7. The molecule has 1 N–H and O–H groups in total. The van der Waals surface area contributed by atoms with Crippen molar-refractivity contribution in [3.63, 3.8) is 0 Å². The third-order valence-corrected chi connectivity index (χ3v) is 6.16. The van der Waals surface area contributed by atoms with Crippen molar-refractivity contribution in [3.05, 3.63) is 64.9 Å². The zero-order valence-corrected chi connectivity index (χ0v) is 16.7. The number of amides is 1. The molecule has 4 rings (SSSR count). The van der Waals surface area contributed by atoms with Crippen molar-refractivity contribution >= 4 is 17.5 Å². The molecule has 0 aliphatic carbocycles. The Morgan fingerprint density at radius 3 is 2.71 bits per heavy atom. The Morgan fingerprint density at radius 2 is 1.96 bits per heavy atom. The SMILES string of the molecule is O=C(NCC1CCC2(CCN(Cc3ccccn3)CC2)O1)c1ccccc1Cl. The van der Waals surface area contributed by atoms with Crippen LogP contribution in [0.5, 0.6) is 0 Å². The zero-order chi connectivity index (χ0) is 19.4. The molecular formula is C22H26ClN3O2. The summed E-state index contributed by atoms with van der Waals surface area (Å²) in [5.41, 5.74) is 1.60. The Bertz CT molecular complexity index is 806. The van der Waals surface area contributed by atoms with Crippen LogP contribution in [0.25, 0.3) is 0 Å². The van der Waals surface area contributed by atoms with Crippen LogP contribution in [0, 0.1) is 0 Å². The van der Waals surface area contributed by atoms with Gasteiger partial charge in [-0.25, -0.2) is 0 Å². The van der Waals surface area contributed by atoms with Gasteiger partial charge in [0.25, 0.3) is 5.91 Å². The molecule has 6 heteroatoms. The maximum Gasteiger partial charge on any atom is 0.252 e. The lowest BCUT2D eigenvalue weighted by Gasteiger charge is -2.39. The predicted molar refractivity (Wildman–Crippen MR) is 109 cm³/mol. The van der Waals surface area contributed by atoms with Gasteiger partial charge in [-0.2, -0.15) is 0 Å². The predicted octanol–water partition coefficient (Wildman–Crippen LogP) is 3.68. The Morgan fingerprint density at radius 1 is 1.18 bits per heavy atom. The van der Waals surface area contributed by atoms with Gasteiger partial charge in [-0.15, -0.1) is 0 Å². The number of nitrogens with zero attached hydrogens (tertiary/aromatic N) is 2. The lowest BCUT2D eigenvalue weighted by atomic mass is 9.88. The lowest BCUT2D eigenvalue weighted by molar-refractivity contribution is -0.0765. The van der Waals surface area contributed by atoms with Crippen molar-refractivity contribution in [3.8, 4) is 0 Å². The van der Waals surface area contributed by atoms with Gasteiger partial charge in [-0.1, -0.05) is 29.8 Å². The summed E-state index contributed by atoms with van der Waals surface area (Å²) in [6, 6.07) is 13.2. The first-order valence-electron chi connectivity index (χ1n) is 9.96. The highest BCUT2D eigenvalue weighted by Gasteiger charge is 2.42. The van der Waals surface area contributed by atoms with Crippen molar-refractivity contribution < 1.29 is 9.53 Å². The van der Waals surface area contributed by atoms with Crippen LogP contribution in [0.2, 0.25) is 5.02 Å². The fraction of sp³-hybridized carbons (Fsp3) is 0.455. The number of hydrogen-bond donors (Lipinski definition) is 1. The largest absolute Gasteiger partial charge is 0.370 e. The standard InChI is InChI=1S/C22H26ClN3O2/c23-20-7-2-1-6-19(20)21(27)25-15-18-8-9-22(28-18)10-13-26(14-11-22)16-17-5-3-4-12-24-17/h1-7,12,18H,8-11,13-16H2,(H,25,27). The van der Waals surface area contributed by atoms with Gasteiger partial charge in [0.2, 0.25) is 0 Å². The minimum absolute atomic E-state index is 0.0274. The number of pyridine rings is 1. The maximum atomic E-state index is 12.3. The maximum absolute atomic E-state index is 12.3. The summed E-state index contributed by atoms with van der Waals surface area (Å²) >= 11 is 6.10. The van der Waals surface area contributed by atoms with E-state index < -0.39 is 0 Å². The first-order valence-corrected chi connectivity index (χ1v) is 10.3. The summed E-state index contributed by atoms with van der Waals surface area (Å²) in [6.45, 7) is 3.47. The number of piperidine rings is 1. The molecule has 1 atom stereocenters. The molecule has 0 saturated carbocycles. The van der Waals surface area contributed by atoms with Crippen LogP contribution in [-0.2, 0) is 11.3 Å². The average molecular weight is 400 g/mol. The summed E-state index contributed by atoms with van der Waals surface area (Å²) in [4.78, 5) is 19.2. The van der Waals surface area contributed by atoms with Gasteiger partial charge < -0.3 is 10.1 Å². The quantitative estimate of drug-likeness (QED) is 0.833. The van der Waals surface area contributed by atoms with E-state index in [-0.39, 0.29) is 17.6 Å². The van der Waals surface area contributed by atoms with Crippen molar-refractivity contribution in [1.29, 1.82) is 0 Å². The van der Waals surface area contributed by atoms with E-state index in [0.29, 0.717) is 17.1 Å². The summed E-state index contributed by atoms with van der Waals surface area (Å²) in [7, 11) is 0. The smallest absolute Gasteiger partial charge is 0.252 e. The van der Waals surface area contributed by atoms with Crippen LogP contribution < -0.4 is 5.32 Å². The fourth-order valence-electron chi connectivity index (χ4n) is 4.19. The van der Waals surface area contributed by atoms with Crippen molar-refractivity contribution in [1.82, 2.24) is 15.2 Å². The van der Waals surface area contributed by atoms with E-state index in [4.69, 9.17) is 16.3 Å². The van der Waals surface area contributed by atoms with E-state index in [0.717, 1.165) is 51.0 Å². The van der Waals surface area contributed by atoms with Crippen LogP contribution in [0.1, 0.15) is 41.7 Å². The van der Waals surface area contributed by atoms with Crippen LogP contribution in [-0.4, -0.2) is 47.1 Å². The van der Waals surface area contributed by atoms with E-state index in [2.05, 4.69) is 21.3 Å². The number of halogens is 1. The molecule has 2 saturated heterocycles. The molecule has 0 bridgehead atoms. The molecule has 2 fully saturated rings. The number of rotatable bonds is 5. The molecule has 1 unspecified atom stereocenters. The highest BCUT2D eigenvalue weighted by molar-refractivity contribution is 6.33. The van der Waals surface area contributed by atoms with E-state index in [9.17, 15) is 4.79 Å². The van der Waals surface area contributed by atoms with Crippen LogP contribution in [0.4, 0.5) is 0 Å². The molecule has 28 heavy (non-hydrogen) atoms. The summed E-state index contributed by atoms with van der Waals surface area (Å²) < 4.78 is 6.41. The fourth-order valence-corrected chi connectivity index (χ4v) is 4.42. The first-order chi connectivity index (χ1) is 13.6. The molecular weight excluding hydrogens is 374 g/mol. The summed E-state index contributed by atoms with van der Waals surface area (Å²) in [5, 5.41) is 3.45. The number of likely N-dealkylation sites (tertiary alicyclic amines) is 1. The summed E-state index contributed by atoms with van der Waals surface area (Å²) in [6.07, 6.45) is 6.06. The van der Waals surface area contributed by atoms with E-state index in [1.165, 1.54) is 0 Å². The van der Waals surface area contributed by atoms with Gasteiger partial charge in [0.1, 0.15) is 0 Å². The second-order valence-electron chi connectivity index (χ2n) is 7.75. The van der Waals surface area contributed by atoms with Crippen LogP contribution in [0.15, 0.2) is 48.7 Å². The Kier molecular flexibility index (Phi) is 5.95. The third-order valence-electron chi connectivity index (χ3n) is 5.83. The molecule has 1 spiro atoms. The van der Waals surface area contributed by atoms with Gasteiger partial charge in [-0.05, 0) is 49.9 Å². The monoisotopic (exact) mass is 399 g/mol. The molecule has 148 valence electrons. The molecule has 1 aromatic carbocycles. The molecule has 5 nitrogen and oxygen atoms in total. The molecule has 0 radical (unpaired) electrons. The number of aromatic nitrogens is 1. The minimum Gasteiger partial charge on any atom is -0.370 e. The van der Waals surface area contributed by atoms with Crippen molar-refractivity contribution in [2.75, 3.05) is 19.6 Å². The molecule has 2 aromatic rings. The first kappa shape index (κ1) is 19.4. The Balaban J connectivity index is 1.24. The van der Waals surface area contributed by atoms with Gasteiger partial charge in [0, 0.05) is 32.4 Å². The second kappa shape index (κ2) is 8.60. The zero-order valence-electron chi connectivity index (χ0n) is 15.9.